The monoisotopic (exact) mass is 320 g/mol. The zero-order valence-corrected chi connectivity index (χ0v) is 14.8. The van der Waals surface area contributed by atoms with Crippen LogP contribution in [-0.2, 0) is 24.3 Å². The number of hydrogen-bond donors (Lipinski definition) is 0. The van der Waals surface area contributed by atoms with Crippen LogP contribution in [0.15, 0.2) is 0 Å². The topological polar surface area (TPSA) is 63.2 Å². The minimum atomic E-state index is -0.934. The highest BCUT2D eigenvalue weighted by Crippen LogP contribution is 2.24. The Labute approximate surface area is 134 Å². The summed E-state index contributed by atoms with van der Waals surface area (Å²) < 4.78 is 9.94. The number of carbonyl (C=O) groups excluding carboxylic acids is 1. The van der Waals surface area contributed by atoms with Crippen LogP contribution >= 0.6 is 0 Å². The molecule has 0 aliphatic carbocycles. The molecule has 2 atom stereocenters. The normalized spacial score (nSPS) is 15.4. The summed E-state index contributed by atoms with van der Waals surface area (Å²) in [7, 11) is 1.56. The molecule has 0 saturated carbocycles. The number of ether oxygens (including phenoxy) is 2. The first-order chi connectivity index (χ1) is 10.4. The van der Waals surface area contributed by atoms with Crippen LogP contribution in [-0.4, -0.2) is 31.6 Å². The summed E-state index contributed by atoms with van der Waals surface area (Å²) in [5.74, 6) is 0.653. The standard InChI is InChI=1S/C16H32O6/c1-7-14(18-6)12-19-15(17)20-22-21-16(5,8-2)11-9-10-13(3)4/h13-14H,7-12H2,1-6H3. The van der Waals surface area contributed by atoms with Gasteiger partial charge in [0, 0.05) is 7.11 Å². The van der Waals surface area contributed by atoms with Gasteiger partial charge in [0.15, 0.2) is 0 Å². The lowest BCUT2D eigenvalue weighted by molar-refractivity contribution is -0.520. The lowest BCUT2D eigenvalue weighted by atomic mass is 9.94. The van der Waals surface area contributed by atoms with Crippen molar-refractivity contribution in [1.82, 2.24) is 0 Å². The van der Waals surface area contributed by atoms with Crippen molar-refractivity contribution < 1.29 is 29.1 Å². The van der Waals surface area contributed by atoms with Crippen molar-refractivity contribution in [3.63, 3.8) is 0 Å². The van der Waals surface area contributed by atoms with Gasteiger partial charge in [-0.05, 0) is 37.1 Å². The first-order valence-electron chi connectivity index (χ1n) is 8.08. The molecule has 6 nitrogen and oxygen atoms in total. The fraction of sp³-hybridized carbons (Fsp3) is 0.938. The summed E-state index contributed by atoms with van der Waals surface area (Å²) >= 11 is 0. The Morgan fingerprint density at radius 2 is 1.91 bits per heavy atom. The van der Waals surface area contributed by atoms with Crippen LogP contribution in [0.5, 0.6) is 0 Å². The molecular formula is C16H32O6. The maximum Gasteiger partial charge on any atom is 0.542 e. The zero-order chi connectivity index (χ0) is 17.0. The third-order valence-electron chi connectivity index (χ3n) is 3.75. The smallest absolute Gasteiger partial charge is 0.430 e. The predicted molar refractivity (Wildman–Crippen MR) is 83.1 cm³/mol. The molecule has 0 rings (SSSR count). The van der Waals surface area contributed by atoms with Crippen molar-refractivity contribution in [3.05, 3.63) is 0 Å². The van der Waals surface area contributed by atoms with E-state index < -0.39 is 11.8 Å². The fourth-order valence-corrected chi connectivity index (χ4v) is 1.83. The first kappa shape index (κ1) is 21.1. The van der Waals surface area contributed by atoms with Crippen LogP contribution in [0.3, 0.4) is 0 Å². The van der Waals surface area contributed by atoms with E-state index in [9.17, 15) is 4.79 Å². The van der Waals surface area contributed by atoms with Gasteiger partial charge in [0.25, 0.3) is 0 Å². The Morgan fingerprint density at radius 3 is 2.41 bits per heavy atom. The summed E-state index contributed by atoms with van der Waals surface area (Å²) in [5.41, 5.74) is -0.479. The summed E-state index contributed by atoms with van der Waals surface area (Å²) in [6, 6.07) is 0. The average Bonchev–Trinajstić information content (AvgIpc) is 2.48. The van der Waals surface area contributed by atoms with Crippen LogP contribution in [0.2, 0.25) is 0 Å². The molecule has 0 aliphatic rings. The van der Waals surface area contributed by atoms with E-state index in [0.717, 1.165) is 32.1 Å². The molecule has 0 aromatic rings. The Bertz CT molecular complexity index is 290. The molecule has 0 saturated heterocycles. The zero-order valence-electron chi connectivity index (χ0n) is 14.8. The van der Waals surface area contributed by atoms with Gasteiger partial charge >= 0.3 is 6.16 Å². The molecule has 0 amide bonds. The molecule has 132 valence electrons. The van der Waals surface area contributed by atoms with Crippen molar-refractivity contribution in [2.45, 2.75) is 78.4 Å². The van der Waals surface area contributed by atoms with E-state index in [2.05, 4.69) is 23.8 Å². The molecule has 0 radical (unpaired) electrons. The number of carbonyl (C=O) groups is 1. The maximum atomic E-state index is 11.4. The van der Waals surface area contributed by atoms with Crippen molar-refractivity contribution in [2.75, 3.05) is 13.7 Å². The summed E-state index contributed by atoms with van der Waals surface area (Å²) in [6.45, 7) is 10.4. The third-order valence-corrected chi connectivity index (χ3v) is 3.75. The van der Waals surface area contributed by atoms with Crippen molar-refractivity contribution in [2.24, 2.45) is 5.92 Å². The van der Waals surface area contributed by atoms with Crippen LogP contribution in [0.4, 0.5) is 4.79 Å². The van der Waals surface area contributed by atoms with Gasteiger partial charge in [0.2, 0.25) is 0 Å². The molecule has 0 bridgehead atoms. The van der Waals surface area contributed by atoms with Crippen LogP contribution in [0.25, 0.3) is 0 Å². The number of methoxy groups -OCH3 is 1. The molecular weight excluding hydrogens is 288 g/mol. The van der Waals surface area contributed by atoms with E-state index in [1.165, 1.54) is 0 Å². The summed E-state index contributed by atoms with van der Waals surface area (Å²) in [5, 5.41) is 4.59. The number of hydrogen-bond acceptors (Lipinski definition) is 6. The van der Waals surface area contributed by atoms with Crippen LogP contribution < -0.4 is 0 Å². The second-order valence-electron chi connectivity index (χ2n) is 6.15. The van der Waals surface area contributed by atoms with E-state index in [1.807, 2.05) is 20.8 Å². The van der Waals surface area contributed by atoms with Gasteiger partial charge in [-0.25, -0.2) is 9.68 Å². The lowest BCUT2D eigenvalue weighted by Crippen LogP contribution is -2.29. The molecule has 0 aromatic heterocycles. The summed E-state index contributed by atoms with van der Waals surface area (Å²) in [4.78, 5) is 21.1. The van der Waals surface area contributed by atoms with E-state index in [4.69, 9.17) is 14.4 Å². The highest BCUT2D eigenvalue weighted by atomic mass is 17.5. The maximum absolute atomic E-state index is 11.4. The van der Waals surface area contributed by atoms with Gasteiger partial charge in [-0.2, -0.15) is 4.89 Å². The molecule has 6 heteroatoms. The highest BCUT2D eigenvalue weighted by molar-refractivity contribution is 5.58. The number of rotatable bonds is 12. The largest absolute Gasteiger partial charge is 0.542 e. The van der Waals surface area contributed by atoms with E-state index >= 15 is 0 Å². The molecule has 22 heavy (non-hydrogen) atoms. The minimum Gasteiger partial charge on any atom is -0.430 e. The SMILES string of the molecule is CCC(COC(=O)OOOC(C)(CC)CCCC(C)C)OC. The van der Waals surface area contributed by atoms with Crippen LogP contribution in [0, 0.1) is 5.92 Å². The van der Waals surface area contributed by atoms with Crippen molar-refractivity contribution in [1.29, 1.82) is 0 Å². The van der Waals surface area contributed by atoms with Gasteiger partial charge in [-0.1, -0.05) is 40.5 Å². The van der Waals surface area contributed by atoms with Gasteiger partial charge in [0.1, 0.15) is 12.2 Å². The molecule has 0 spiro atoms. The molecule has 0 aromatic carbocycles. The third kappa shape index (κ3) is 9.97. The highest BCUT2D eigenvalue weighted by Gasteiger charge is 2.25. The average molecular weight is 320 g/mol. The Kier molecular flexibility index (Phi) is 11.2. The fourth-order valence-electron chi connectivity index (χ4n) is 1.83. The lowest BCUT2D eigenvalue weighted by Gasteiger charge is -2.25. The Balaban J connectivity index is 3.95. The Hall–Kier alpha value is -0.850. The van der Waals surface area contributed by atoms with Crippen LogP contribution in [0.1, 0.15) is 66.7 Å². The predicted octanol–water partition coefficient (Wildman–Crippen LogP) is 4.42. The molecule has 2 unspecified atom stereocenters. The van der Waals surface area contributed by atoms with Gasteiger partial charge in [0.05, 0.1) is 6.10 Å². The molecule has 0 N–H and O–H groups in total. The molecule has 0 heterocycles. The quantitative estimate of drug-likeness (QED) is 0.301. The molecule has 0 aliphatic heterocycles. The van der Waals surface area contributed by atoms with Crippen molar-refractivity contribution >= 4 is 6.16 Å². The van der Waals surface area contributed by atoms with Gasteiger partial charge in [-0.15, -0.1) is 0 Å². The van der Waals surface area contributed by atoms with E-state index in [1.54, 1.807) is 7.11 Å². The van der Waals surface area contributed by atoms with Gasteiger partial charge < -0.3 is 9.47 Å². The first-order valence-corrected chi connectivity index (χ1v) is 8.08. The second-order valence-corrected chi connectivity index (χ2v) is 6.15. The second kappa shape index (κ2) is 11.7. The van der Waals surface area contributed by atoms with E-state index in [0.29, 0.717) is 5.92 Å². The van der Waals surface area contributed by atoms with E-state index in [-0.39, 0.29) is 12.7 Å². The Morgan fingerprint density at radius 1 is 1.23 bits per heavy atom. The minimum absolute atomic E-state index is 0.120. The summed E-state index contributed by atoms with van der Waals surface area (Å²) in [6.07, 6.45) is 3.40. The van der Waals surface area contributed by atoms with Crippen molar-refractivity contribution in [3.8, 4) is 0 Å². The molecule has 0 fully saturated rings. The van der Waals surface area contributed by atoms with Gasteiger partial charge in [-0.3, -0.25) is 0 Å².